The molecule has 0 aliphatic carbocycles. The first-order chi connectivity index (χ1) is 10.7. The molecule has 2 rings (SSSR count). The zero-order chi connectivity index (χ0) is 15.8. The van der Waals surface area contributed by atoms with Crippen LogP contribution >= 0.6 is 0 Å². The number of aryl methyl sites for hydroxylation is 1. The summed E-state index contributed by atoms with van der Waals surface area (Å²) in [5.41, 5.74) is 2.98. The molecule has 2 aromatic rings. The molecule has 0 aliphatic rings. The quantitative estimate of drug-likeness (QED) is 0.799. The van der Waals surface area contributed by atoms with Gasteiger partial charge in [-0.3, -0.25) is 9.78 Å². The zero-order valence-corrected chi connectivity index (χ0v) is 13.2. The number of nitrogens with one attached hydrogen (secondary N) is 1. The number of unbranched alkanes of at least 4 members (excludes halogenated alkanes) is 1. The molecule has 1 aromatic heterocycles. The predicted octanol–water partition coefficient (Wildman–Crippen LogP) is 2.90. The third-order valence-electron chi connectivity index (χ3n) is 3.53. The van der Waals surface area contributed by atoms with Gasteiger partial charge >= 0.3 is 0 Å². The van der Waals surface area contributed by atoms with E-state index in [0.717, 1.165) is 24.9 Å². The molecule has 0 atom stereocenters. The Kier molecular flexibility index (Phi) is 5.95. The third kappa shape index (κ3) is 4.88. The van der Waals surface area contributed by atoms with E-state index in [0.29, 0.717) is 12.1 Å². The van der Waals surface area contributed by atoms with Crippen molar-refractivity contribution in [1.29, 1.82) is 0 Å². The molecule has 1 N–H and O–H groups in total. The van der Waals surface area contributed by atoms with Crippen molar-refractivity contribution in [1.82, 2.24) is 10.3 Å². The normalized spacial score (nSPS) is 10.3. The topological polar surface area (TPSA) is 45.2 Å². The molecule has 0 saturated carbocycles. The second-order valence-electron chi connectivity index (χ2n) is 5.52. The number of hydrogen-bond acceptors (Lipinski definition) is 3. The minimum Gasteiger partial charge on any atom is -0.378 e. The average Bonchev–Trinajstić information content (AvgIpc) is 2.55. The molecule has 4 heteroatoms. The zero-order valence-electron chi connectivity index (χ0n) is 13.2. The van der Waals surface area contributed by atoms with Crippen molar-refractivity contribution in [3.05, 3.63) is 59.9 Å². The lowest BCUT2D eigenvalue weighted by molar-refractivity contribution is 0.0953. The van der Waals surface area contributed by atoms with Crippen molar-refractivity contribution in [3.8, 4) is 0 Å². The first-order valence-corrected chi connectivity index (χ1v) is 7.61. The summed E-state index contributed by atoms with van der Waals surface area (Å²) in [5.74, 6) is -0.00919. The standard InChI is InChI=1S/C18H23N3O/c1-21(2)17-10-5-9-16(13-17)18(22)20-12-4-3-7-15-8-6-11-19-14-15/h5-6,8-11,13-14H,3-4,7,12H2,1-2H3,(H,20,22). The van der Waals surface area contributed by atoms with Gasteiger partial charge in [0.2, 0.25) is 0 Å². The first kappa shape index (κ1) is 16.0. The van der Waals surface area contributed by atoms with Crippen molar-refractivity contribution in [3.63, 3.8) is 0 Å². The van der Waals surface area contributed by atoms with Crippen LogP contribution in [-0.4, -0.2) is 31.5 Å². The Morgan fingerprint density at radius 2 is 2.05 bits per heavy atom. The second-order valence-corrected chi connectivity index (χ2v) is 5.52. The Morgan fingerprint density at radius 3 is 2.77 bits per heavy atom. The summed E-state index contributed by atoms with van der Waals surface area (Å²) >= 11 is 0. The highest BCUT2D eigenvalue weighted by Crippen LogP contribution is 2.13. The summed E-state index contributed by atoms with van der Waals surface area (Å²) in [6, 6.07) is 11.7. The maximum Gasteiger partial charge on any atom is 0.251 e. The molecule has 1 heterocycles. The molecule has 22 heavy (non-hydrogen) atoms. The van der Waals surface area contributed by atoms with E-state index >= 15 is 0 Å². The summed E-state index contributed by atoms with van der Waals surface area (Å²) in [4.78, 5) is 18.2. The van der Waals surface area contributed by atoms with Gasteiger partial charge in [-0.15, -0.1) is 0 Å². The van der Waals surface area contributed by atoms with Crippen LogP contribution < -0.4 is 10.2 Å². The number of hydrogen-bond donors (Lipinski definition) is 1. The van der Waals surface area contributed by atoms with Crippen molar-refractivity contribution in [2.45, 2.75) is 19.3 Å². The van der Waals surface area contributed by atoms with Crippen molar-refractivity contribution in [2.75, 3.05) is 25.5 Å². The molecule has 0 spiro atoms. The summed E-state index contributed by atoms with van der Waals surface area (Å²) in [5, 5.41) is 2.98. The fourth-order valence-corrected chi connectivity index (χ4v) is 2.23. The fourth-order valence-electron chi connectivity index (χ4n) is 2.23. The van der Waals surface area contributed by atoms with Crippen LogP contribution in [0.4, 0.5) is 5.69 Å². The maximum atomic E-state index is 12.1. The van der Waals surface area contributed by atoms with Crippen LogP contribution in [-0.2, 0) is 6.42 Å². The number of benzene rings is 1. The second kappa shape index (κ2) is 8.17. The summed E-state index contributed by atoms with van der Waals surface area (Å²) < 4.78 is 0. The van der Waals surface area contributed by atoms with Crippen LogP contribution in [0.15, 0.2) is 48.8 Å². The molecule has 0 bridgehead atoms. The molecular formula is C18H23N3O. The van der Waals surface area contributed by atoms with Crippen LogP contribution in [0.25, 0.3) is 0 Å². The number of nitrogens with zero attached hydrogens (tertiary/aromatic N) is 2. The van der Waals surface area contributed by atoms with Crippen LogP contribution in [0, 0.1) is 0 Å². The highest BCUT2D eigenvalue weighted by Gasteiger charge is 2.06. The minimum atomic E-state index is -0.00919. The number of anilines is 1. The molecule has 0 aliphatic heterocycles. The minimum absolute atomic E-state index is 0.00919. The number of carbonyl (C=O) groups excluding carboxylic acids is 1. The van der Waals surface area contributed by atoms with Crippen molar-refractivity contribution < 1.29 is 4.79 Å². The van der Waals surface area contributed by atoms with Gasteiger partial charge in [-0.05, 0) is 49.1 Å². The van der Waals surface area contributed by atoms with Gasteiger partial charge in [0, 0.05) is 44.3 Å². The monoisotopic (exact) mass is 297 g/mol. The summed E-state index contributed by atoms with van der Waals surface area (Å²) in [6.07, 6.45) is 6.69. The van der Waals surface area contributed by atoms with Gasteiger partial charge < -0.3 is 10.2 Å². The van der Waals surface area contributed by atoms with Crippen LogP contribution in [0.2, 0.25) is 0 Å². The number of amides is 1. The van der Waals surface area contributed by atoms with E-state index in [1.807, 2.05) is 55.5 Å². The Hall–Kier alpha value is -2.36. The molecule has 1 aromatic carbocycles. The van der Waals surface area contributed by atoms with E-state index in [4.69, 9.17) is 0 Å². The maximum absolute atomic E-state index is 12.1. The molecule has 0 radical (unpaired) electrons. The largest absolute Gasteiger partial charge is 0.378 e. The van der Waals surface area contributed by atoms with Gasteiger partial charge in [0.25, 0.3) is 5.91 Å². The van der Waals surface area contributed by atoms with Crippen molar-refractivity contribution in [2.24, 2.45) is 0 Å². The molecule has 1 amide bonds. The van der Waals surface area contributed by atoms with E-state index < -0.39 is 0 Å². The number of aromatic nitrogens is 1. The van der Waals surface area contributed by atoms with Gasteiger partial charge in [-0.1, -0.05) is 12.1 Å². The molecule has 0 saturated heterocycles. The van der Waals surface area contributed by atoms with Gasteiger partial charge in [0.15, 0.2) is 0 Å². The van der Waals surface area contributed by atoms with E-state index in [9.17, 15) is 4.79 Å². The van der Waals surface area contributed by atoms with E-state index in [1.165, 1.54) is 5.56 Å². The summed E-state index contributed by atoms with van der Waals surface area (Å²) in [7, 11) is 3.94. The lowest BCUT2D eigenvalue weighted by atomic mass is 10.1. The number of pyridine rings is 1. The Morgan fingerprint density at radius 1 is 1.18 bits per heavy atom. The van der Waals surface area contributed by atoms with Gasteiger partial charge in [0.1, 0.15) is 0 Å². The van der Waals surface area contributed by atoms with Crippen LogP contribution in [0.3, 0.4) is 0 Å². The van der Waals surface area contributed by atoms with Gasteiger partial charge in [-0.25, -0.2) is 0 Å². The summed E-state index contributed by atoms with van der Waals surface area (Å²) in [6.45, 7) is 0.700. The molecule has 116 valence electrons. The SMILES string of the molecule is CN(C)c1cccc(C(=O)NCCCCc2cccnc2)c1. The number of rotatable bonds is 7. The molecule has 0 unspecified atom stereocenters. The lowest BCUT2D eigenvalue weighted by Gasteiger charge is -2.13. The van der Waals surface area contributed by atoms with E-state index in [-0.39, 0.29) is 5.91 Å². The van der Waals surface area contributed by atoms with Gasteiger partial charge in [0.05, 0.1) is 0 Å². The first-order valence-electron chi connectivity index (χ1n) is 7.61. The third-order valence-corrected chi connectivity index (χ3v) is 3.53. The molecule has 0 fully saturated rings. The van der Waals surface area contributed by atoms with Crippen LogP contribution in [0.5, 0.6) is 0 Å². The molecule has 4 nitrogen and oxygen atoms in total. The fraction of sp³-hybridized carbons (Fsp3) is 0.333. The smallest absolute Gasteiger partial charge is 0.251 e. The Bertz CT molecular complexity index is 596. The average molecular weight is 297 g/mol. The van der Waals surface area contributed by atoms with Crippen molar-refractivity contribution >= 4 is 11.6 Å². The van der Waals surface area contributed by atoms with Crippen LogP contribution in [0.1, 0.15) is 28.8 Å². The Balaban J connectivity index is 1.73. The van der Waals surface area contributed by atoms with Gasteiger partial charge in [-0.2, -0.15) is 0 Å². The van der Waals surface area contributed by atoms with E-state index in [2.05, 4.69) is 16.4 Å². The predicted molar refractivity (Wildman–Crippen MR) is 90.3 cm³/mol. The highest BCUT2D eigenvalue weighted by atomic mass is 16.1. The molecular weight excluding hydrogens is 274 g/mol. The number of carbonyl (C=O) groups is 1. The van der Waals surface area contributed by atoms with E-state index in [1.54, 1.807) is 6.20 Å². The highest BCUT2D eigenvalue weighted by molar-refractivity contribution is 5.95. The Labute approximate surface area is 132 Å². The lowest BCUT2D eigenvalue weighted by Crippen LogP contribution is -2.24.